The fourth-order valence-corrected chi connectivity index (χ4v) is 1.68. The Kier molecular flexibility index (Phi) is 4.38. The molecule has 0 saturated heterocycles. The lowest BCUT2D eigenvalue weighted by molar-refractivity contribution is 0.329. The highest BCUT2D eigenvalue weighted by Crippen LogP contribution is 2.22. The van der Waals surface area contributed by atoms with Gasteiger partial charge in [0.15, 0.2) is 0 Å². The molecule has 0 unspecified atom stereocenters. The molecule has 3 N–H and O–H groups in total. The summed E-state index contributed by atoms with van der Waals surface area (Å²) in [5, 5.41) is 9.57. The average molecular weight is 259 g/mol. The molecule has 3 nitrogen and oxygen atoms in total. The fourth-order valence-electron chi connectivity index (χ4n) is 1.27. The van der Waals surface area contributed by atoms with Gasteiger partial charge in [-0.2, -0.15) is 0 Å². The van der Waals surface area contributed by atoms with Crippen molar-refractivity contribution in [1.29, 1.82) is 0 Å². The molecule has 4 heteroatoms. The lowest BCUT2D eigenvalue weighted by Gasteiger charge is -2.16. The van der Waals surface area contributed by atoms with Crippen LogP contribution in [-0.4, -0.2) is 30.1 Å². The Morgan fingerprint density at radius 3 is 2.86 bits per heavy atom. The van der Waals surface area contributed by atoms with Crippen LogP contribution >= 0.6 is 15.9 Å². The number of nitrogens with zero attached hydrogens (tertiary/aromatic N) is 1. The molecule has 0 radical (unpaired) electrons. The number of hydrogen-bond donors (Lipinski definition) is 2. The van der Waals surface area contributed by atoms with E-state index in [4.69, 9.17) is 5.73 Å². The summed E-state index contributed by atoms with van der Waals surface area (Å²) in [5.41, 5.74) is 6.35. The van der Waals surface area contributed by atoms with Gasteiger partial charge < -0.3 is 15.7 Å². The molecule has 0 amide bonds. The van der Waals surface area contributed by atoms with E-state index in [1.165, 1.54) is 0 Å². The van der Waals surface area contributed by atoms with E-state index in [0.717, 1.165) is 16.6 Å². The van der Waals surface area contributed by atoms with E-state index >= 15 is 0 Å². The smallest absolute Gasteiger partial charge is 0.120 e. The lowest BCUT2D eigenvalue weighted by Crippen LogP contribution is -2.24. The van der Waals surface area contributed by atoms with Gasteiger partial charge in [0.2, 0.25) is 0 Å². The van der Waals surface area contributed by atoms with Crippen LogP contribution in [0.1, 0.15) is 5.56 Å². The zero-order valence-corrected chi connectivity index (χ0v) is 9.79. The summed E-state index contributed by atoms with van der Waals surface area (Å²) >= 11 is 3.37. The first-order valence-electron chi connectivity index (χ1n) is 4.49. The predicted octanol–water partition coefficient (Wildman–Crippen LogP) is 1.55. The van der Waals surface area contributed by atoms with Crippen molar-refractivity contribution in [3.05, 3.63) is 28.2 Å². The highest BCUT2D eigenvalue weighted by Gasteiger charge is 2.04. The first kappa shape index (κ1) is 11.5. The summed E-state index contributed by atoms with van der Waals surface area (Å²) in [5.74, 6) is 0.331. The van der Waals surface area contributed by atoms with Crippen LogP contribution in [0.15, 0.2) is 22.7 Å². The monoisotopic (exact) mass is 258 g/mol. The van der Waals surface area contributed by atoms with E-state index in [1.807, 2.05) is 19.2 Å². The van der Waals surface area contributed by atoms with Gasteiger partial charge >= 0.3 is 0 Å². The minimum atomic E-state index is 0.331. The van der Waals surface area contributed by atoms with Gasteiger partial charge in [-0.1, -0.05) is 15.9 Å². The third-order valence-corrected chi connectivity index (χ3v) is 2.49. The number of halogens is 1. The highest BCUT2D eigenvalue weighted by atomic mass is 79.9. The molecule has 0 bridgehead atoms. The molecule has 0 fully saturated rings. The first-order chi connectivity index (χ1) is 6.63. The Bertz CT molecular complexity index is 304. The van der Waals surface area contributed by atoms with Gasteiger partial charge in [-0.15, -0.1) is 0 Å². The van der Waals surface area contributed by atoms with E-state index in [2.05, 4.69) is 20.8 Å². The Labute approximate surface area is 92.7 Å². The average Bonchev–Trinajstić information content (AvgIpc) is 2.12. The molecule has 0 aromatic heterocycles. The second-order valence-corrected chi connectivity index (χ2v) is 4.22. The molecule has 0 saturated carbocycles. The van der Waals surface area contributed by atoms with Crippen LogP contribution in [0.2, 0.25) is 0 Å². The topological polar surface area (TPSA) is 49.5 Å². The zero-order chi connectivity index (χ0) is 10.6. The Balaban J connectivity index is 2.70. The molecule has 0 spiro atoms. The maximum atomic E-state index is 9.57. The zero-order valence-electron chi connectivity index (χ0n) is 8.20. The van der Waals surface area contributed by atoms with Crippen molar-refractivity contribution in [3.8, 4) is 5.75 Å². The quantitative estimate of drug-likeness (QED) is 0.862. The minimum absolute atomic E-state index is 0.331. The molecule has 1 aromatic carbocycles. The van der Waals surface area contributed by atoms with Crippen molar-refractivity contribution in [2.24, 2.45) is 5.73 Å². The Morgan fingerprint density at radius 1 is 1.50 bits per heavy atom. The van der Waals surface area contributed by atoms with Crippen molar-refractivity contribution < 1.29 is 5.11 Å². The van der Waals surface area contributed by atoms with Crippen molar-refractivity contribution >= 4 is 15.9 Å². The van der Waals surface area contributed by atoms with Crippen LogP contribution in [0, 0.1) is 0 Å². The Morgan fingerprint density at radius 2 is 2.21 bits per heavy atom. The summed E-state index contributed by atoms with van der Waals surface area (Å²) < 4.78 is 0.978. The molecule has 14 heavy (non-hydrogen) atoms. The van der Waals surface area contributed by atoms with Crippen LogP contribution in [0.5, 0.6) is 5.75 Å². The molecule has 0 heterocycles. The van der Waals surface area contributed by atoms with Crippen molar-refractivity contribution in [1.82, 2.24) is 4.90 Å². The molecule has 1 rings (SSSR count). The molecule has 0 aliphatic heterocycles. The first-order valence-corrected chi connectivity index (χ1v) is 5.29. The summed E-state index contributed by atoms with van der Waals surface area (Å²) in [6.07, 6.45) is 0. The number of hydrogen-bond acceptors (Lipinski definition) is 3. The van der Waals surface area contributed by atoms with Crippen LogP contribution in [-0.2, 0) is 6.54 Å². The van der Waals surface area contributed by atoms with E-state index in [-0.39, 0.29) is 0 Å². The number of phenolic OH excluding ortho intramolecular Hbond substituents is 1. The van der Waals surface area contributed by atoms with Gasteiger partial charge in [-0.3, -0.25) is 0 Å². The molecule has 1 aromatic rings. The molecular weight excluding hydrogens is 244 g/mol. The number of phenols is 1. The van der Waals surface area contributed by atoms with Gasteiger partial charge in [0, 0.05) is 29.7 Å². The molecule has 0 aliphatic rings. The van der Waals surface area contributed by atoms with Gasteiger partial charge in [0.1, 0.15) is 5.75 Å². The number of aromatic hydroxyl groups is 1. The van der Waals surface area contributed by atoms with E-state index < -0.39 is 0 Å². The third kappa shape index (κ3) is 3.29. The van der Waals surface area contributed by atoms with Crippen LogP contribution < -0.4 is 5.73 Å². The maximum absolute atomic E-state index is 9.57. The summed E-state index contributed by atoms with van der Waals surface area (Å²) in [4.78, 5) is 2.07. The number of nitrogens with two attached hydrogens (primary N) is 1. The molecule has 0 aliphatic carbocycles. The molecular formula is C10H15BrN2O. The van der Waals surface area contributed by atoms with E-state index in [1.54, 1.807) is 6.07 Å². The van der Waals surface area contributed by atoms with Crippen molar-refractivity contribution in [3.63, 3.8) is 0 Å². The van der Waals surface area contributed by atoms with E-state index in [9.17, 15) is 5.11 Å². The maximum Gasteiger partial charge on any atom is 0.120 e. The normalized spacial score (nSPS) is 10.9. The summed E-state index contributed by atoms with van der Waals surface area (Å²) in [6, 6.07) is 5.43. The summed E-state index contributed by atoms with van der Waals surface area (Å²) in [6.45, 7) is 2.17. The molecule has 78 valence electrons. The van der Waals surface area contributed by atoms with Crippen molar-refractivity contribution in [2.45, 2.75) is 6.54 Å². The van der Waals surface area contributed by atoms with Gasteiger partial charge in [0.25, 0.3) is 0 Å². The largest absolute Gasteiger partial charge is 0.508 e. The van der Waals surface area contributed by atoms with Crippen LogP contribution in [0.3, 0.4) is 0 Å². The SMILES string of the molecule is CN(CCN)Cc1cc(Br)ccc1O. The molecule has 0 atom stereocenters. The second kappa shape index (κ2) is 5.34. The number of likely N-dealkylation sites (N-methyl/N-ethyl adjacent to an activating group) is 1. The van der Waals surface area contributed by atoms with E-state index in [0.29, 0.717) is 18.8 Å². The van der Waals surface area contributed by atoms with Crippen LogP contribution in [0.25, 0.3) is 0 Å². The minimum Gasteiger partial charge on any atom is -0.508 e. The predicted molar refractivity (Wildman–Crippen MR) is 61.2 cm³/mol. The van der Waals surface area contributed by atoms with Crippen LogP contribution in [0.4, 0.5) is 0 Å². The highest BCUT2D eigenvalue weighted by molar-refractivity contribution is 9.10. The van der Waals surface area contributed by atoms with Crippen molar-refractivity contribution in [2.75, 3.05) is 20.1 Å². The summed E-state index contributed by atoms with van der Waals surface area (Å²) in [7, 11) is 1.98. The third-order valence-electron chi connectivity index (χ3n) is 1.99. The number of benzene rings is 1. The standard InChI is InChI=1S/C10H15BrN2O/c1-13(5-4-12)7-8-6-9(11)2-3-10(8)14/h2-3,6,14H,4-5,7,12H2,1H3. The second-order valence-electron chi connectivity index (χ2n) is 3.30. The van der Waals surface area contributed by atoms with Gasteiger partial charge in [-0.05, 0) is 25.2 Å². The number of rotatable bonds is 4. The Hall–Kier alpha value is -0.580. The van der Waals surface area contributed by atoms with Gasteiger partial charge in [-0.25, -0.2) is 0 Å². The van der Waals surface area contributed by atoms with Gasteiger partial charge in [0.05, 0.1) is 0 Å². The fraction of sp³-hybridized carbons (Fsp3) is 0.400. The lowest BCUT2D eigenvalue weighted by atomic mass is 10.2.